The van der Waals surface area contributed by atoms with Crippen molar-refractivity contribution in [2.45, 2.75) is 56.5 Å². The third-order valence-corrected chi connectivity index (χ3v) is 7.43. The fourth-order valence-electron chi connectivity index (χ4n) is 5.40. The van der Waals surface area contributed by atoms with Crippen molar-refractivity contribution >= 4 is 17.7 Å². The Balaban J connectivity index is 1.61. The second-order valence-corrected chi connectivity index (χ2v) is 9.61. The average Bonchev–Trinajstić information content (AvgIpc) is 3.50. The predicted molar refractivity (Wildman–Crippen MR) is 134 cm³/mol. The number of benzene rings is 2. The van der Waals surface area contributed by atoms with Crippen LogP contribution in [0.1, 0.15) is 49.7 Å². The number of carbonyl (C=O) groups is 3. The first-order valence-electron chi connectivity index (χ1n) is 12.3. The number of hydrogen-bond donors (Lipinski definition) is 0. The van der Waals surface area contributed by atoms with Crippen molar-refractivity contribution in [3.8, 4) is 17.2 Å². The van der Waals surface area contributed by atoms with Gasteiger partial charge in [-0.1, -0.05) is 31.0 Å². The highest BCUT2D eigenvalue weighted by atomic mass is 16.5. The van der Waals surface area contributed by atoms with Gasteiger partial charge in [0.05, 0.1) is 26.7 Å². The smallest absolute Gasteiger partial charge is 0.241 e. The van der Waals surface area contributed by atoms with Gasteiger partial charge in [-0.3, -0.25) is 19.3 Å². The molecule has 1 saturated heterocycles. The molecule has 2 fully saturated rings. The monoisotopic (exact) mass is 494 g/mol. The molecule has 0 unspecified atom stereocenters. The zero-order valence-electron chi connectivity index (χ0n) is 21.4. The van der Waals surface area contributed by atoms with Gasteiger partial charge in [-0.05, 0) is 48.2 Å². The third kappa shape index (κ3) is 4.76. The lowest BCUT2D eigenvalue weighted by atomic mass is 9.75. The molecule has 1 aliphatic carbocycles. The third-order valence-electron chi connectivity index (χ3n) is 7.43. The van der Waals surface area contributed by atoms with Crippen LogP contribution in [0.25, 0.3) is 0 Å². The number of methoxy groups -OCH3 is 3. The van der Waals surface area contributed by atoms with Crippen LogP contribution in [0.5, 0.6) is 17.2 Å². The molecule has 1 aliphatic heterocycles. The molecule has 0 N–H and O–H groups in total. The molecule has 4 rings (SSSR count). The van der Waals surface area contributed by atoms with E-state index in [9.17, 15) is 14.4 Å². The van der Waals surface area contributed by atoms with Crippen LogP contribution in [0.4, 0.5) is 0 Å². The summed E-state index contributed by atoms with van der Waals surface area (Å²) in [5.74, 6) is 1.16. The van der Waals surface area contributed by atoms with Crippen LogP contribution in [0, 0.1) is 0 Å². The Morgan fingerprint density at radius 2 is 1.64 bits per heavy atom. The number of rotatable bonds is 9. The quantitative estimate of drug-likeness (QED) is 0.494. The Kier molecular flexibility index (Phi) is 7.52. The number of ether oxygens (including phenoxy) is 3. The summed E-state index contributed by atoms with van der Waals surface area (Å²) in [5.41, 5.74) is 0.299. The van der Waals surface area contributed by atoms with Crippen LogP contribution in [0.3, 0.4) is 0 Å². The van der Waals surface area contributed by atoms with E-state index in [-0.39, 0.29) is 36.6 Å². The fourth-order valence-corrected chi connectivity index (χ4v) is 5.40. The zero-order chi connectivity index (χ0) is 25.9. The number of amides is 3. The topological polar surface area (TPSA) is 85.4 Å². The largest absolute Gasteiger partial charge is 0.497 e. The lowest BCUT2D eigenvalue weighted by Crippen LogP contribution is -2.45. The summed E-state index contributed by atoms with van der Waals surface area (Å²) in [6.45, 7) is 0.326. The molecule has 0 radical (unpaired) electrons. The van der Waals surface area contributed by atoms with E-state index in [1.54, 1.807) is 63.6 Å². The van der Waals surface area contributed by atoms with Gasteiger partial charge in [-0.15, -0.1) is 0 Å². The van der Waals surface area contributed by atoms with Crippen molar-refractivity contribution in [2.24, 2.45) is 0 Å². The molecule has 2 aromatic carbocycles. The number of carbonyl (C=O) groups excluding carboxylic acids is 3. The molecule has 36 heavy (non-hydrogen) atoms. The Hall–Kier alpha value is -3.55. The summed E-state index contributed by atoms with van der Waals surface area (Å²) in [4.78, 5) is 43.7. The summed E-state index contributed by atoms with van der Waals surface area (Å²) >= 11 is 0. The Morgan fingerprint density at radius 1 is 0.972 bits per heavy atom. The molecule has 192 valence electrons. The van der Waals surface area contributed by atoms with Crippen LogP contribution in [-0.4, -0.2) is 61.9 Å². The van der Waals surface area contributed by atoms with E-state index in [0.717, 1.165) is 31.2 Å². The molecule has 1 heterocycles. The molecule has 2 aromatic rings. The van der Waals surface area contributed by atoms with Gasteiger partial charge in [0.25, 0.3) is 0 Å². The lowest BCUT2D eigenvalue weighted by Gasteiger charge is -2.31. The highest BCUT2D eigenvalue weighted by Crippen LogP contribution is 2.43. The number of hydrogen-bond acceptors (Lipinski definition) is 6. The molecular formula is C28H34N2O6. The SMILES string of the molecule is COc1ccc([C@]2(CC(=O)N(C)Cc3ccc(OC)c(OC)c3)CC(=O)N(C3CCCC3)C2=O)cc1. The second kappa shape index (κ2) is 10.6. The van der Waals surface area contributed by atoms with Gasteiger partial charge in [-0.25, -0.2) is 0 Å². The summed E-state index contributed by atoms with van der Waals surface area (Å²) in [5, 5.41) is 0. The first kappa shape index (κ1) is 25.5. The maximum Gasteiger partial charge on any atom is 0.241 e. The van der Waals surface area contributed by atoms with Crippen LogP contribution in [0.15, 0.2) is 42.5 Å². The van der Waals surface area contributed by atoms with E-state index >= 15 is 0 Å². The highest BCUT2D eigenvalue weighted by Gasteiger charge is 2.55. The van der Waals surface area contributed by atoms with Gasteiger partial charge in [0.2, 0.25) is 17.7 Å². The molecule has 2 aliphatic rings. The van der Waals surface area contributed by atoms with E-state index in [0.29, 0.717) is 29.4 Å². The molecule has 0 bridgehead atoms. The summed E-state index contributed by atoms with van der Waals surface area (Å²) < 4.78 is 16.0. The number of imide groups is 1. The van der Waals surface area contributed by atoms with E-state index in [4.69, 9.17) is 14.2 Å². The number of nitrogens with zero attached hydrogens (tertiary/aromatic N) is 2. The van der Waals surface area contributed by atoms with Gasteiger partial charge in [0.15, 0.2) is 11.5 Å². The molecule has 8 heteroatoms. The standard InChI is InChI=1S/C28H34N2O6/c1-29(18-19-9-14-23(35-3)24(15-19)36-4)25(31)16-28(20-10-12-22(34-2)13-11-20)17-26(32)30(27(28)33)21-7-5-6-8-21/h9-15,21H,5-8,16-18H2,1-4H3/t28-/m0/s1. The van der Waals surface area contributed by atoms with Crippen molar-refractivity contribution in [1.29, 1.82) is 0 Å². The molecule has 8 nitrogen and oxygen atoms in total. The maximum absolute atomic E-state index is 13.9. The number of likely N-dealkylation sites (tertiary alicyclic amines) is 1. The predicted octanol–water partition coefficient (Wildman–Crippen LogP) is 3.70. The van der Waals surface area contributed by atoms with Crippen LogP contribution in [-0.2, 0) is 26.3 Å². The van der Waals surface area contributed by atoms with Crippen molar-refractivity contribution in [1.82, 2.24) is 9.80 Å². The normalized spacial score (nSPS) is 20.1. The van der Waals surface area contributed by atoms with Crippen LogP contribution in [0.2, 0.25) is 0 Å². The van der Waals surface area contributed by atoms with Crippen molar-refractivity contribution in [2.75, 3.05) is 28.4 Å². The minimum absolute atomic E-state index is 0.00932. The van der Waals surface area contributed by atoms with E-state index in [1.807, 2.05) is 12.1 Å². The summed E-state index contributed by atoms with van der Waals surface area (Å²) in [6, 6.07) is 12.5. The van der Waals surface area contributed by atoms with Crippen molar-refractivity contribution in [3.63, 3.8) is 0 Å². The maximum atomic E-state index is 13.9. The highest BCUT2D eigenvalue weighted by molar-refractivity contribution is 6.11. The summed E-state index contributed by atoms with van der Waals surface area (Å²) in [6.07, 6.45) is 3.56. The minimum Gasteiger partial charge on any atom is -0.497 e. The van der Waals surface area contributed by atoms with Gasteiger partial charge in [-0.2, -0.15) is 0 Å². The van der Waals surface area contributed by atoms with Crippen LogP contribution < -0.4 is 14.2 Å². The van der Waals surface area contributed by atoms with Crippen molar-refractivity contribution < 1.29 is 28.6 Å². The van der Waals surface area contributed by atoms with E-state index in [1.165, 1.54) is 4.90 Å². The summed E-state index contributed by atoms with van der Waals surface area (Å²) in [7, 11) is 6.41. The Bertz CT molecular complexity index is 1130. The first-order chi connectivity index (χ1) is 17.3. The molecule has 1 saturated carbocycles. The van der Waals surface area contributed by atoms with E-state index in [2.05, 4.69) is 0 Å². The zero-order valence-corrected chi connectivity index (χ0v) is 21.4. The van der Waals surface area contributed by atoms with Crippen LogP contribution >= 0.6 is 0 Å². The lowest BCUT2D eigenvalue weighted by molar-refractivity contribution is -0.144. The van der Waals surface area contributed by atoms with E-state index < -0.39 is 5.41 Å². The molecular weight excluding hydrogens is 460 g/mol. The molecule has 0 spiro atoms. The van der Waals surface area contributed by atoms with Gasteiger partial charge < -0.3 is 19.1 Å². The minimum atomic E-state index is -1.23. The van der Waals surface area contributed by atoms with Gasteiger partial charge in [0, 0.05) is 32.5 Å². The molecule has 3 amide bonds. The average molecular weight is 495 g/mol. The van der Waals surface area contributed by atoms with Crippen molar-refractivity contribution in [3.05, 3.63) is 53.6 Å². The Morgan fingerprint density at radius 3 is 2.25 bits per heavy atom. The second-order valence-electron chi connectivity index (χ2n) is 9.61. The first-order valence-corrected chi connectivity index (χ1v) is 12.3. The fraction of sp³-hybridized carbons (Fsp3) is 0.464. The van der Waals surface area contributed by atoms with Gasteiger partial charge in [0.1, 0.15) is 5.75 Å². The van der Waals surface area contributed by atoms with Gasteiger partial charge >= 0.3 is 0 Å². The Labute approximate surface area is 212 Å². The molecule has 0 aromatic heterocycles. The molecule has 1 atom stereocenters.